The molecule has 0 aromatic carbocycles. The number of carboxylic acid groups (broad SMARTS) is 1. The van der Waals surface area contributed by atoms with E-state index in [-0.39, 0.29) is 30.7 Å². The maximum absolute atomic E-state index is 12.2. The summed E-state index contributed by atoms with van der Waals surface area (Å²) >= 11 is 0. The van der Waals surface area contributed by atoms with Crippen LogP contribution in [0.3, 0.4) is 0 Å². The van der Waals surface area contributed by atoms with Gasteiger partial charge in [-0.2, -0.15) is 0 Å². The Bertz CT molecular complexity index is 453. The van der Waals surface area contributed by atoms with Gasteiger partial charge in [0.15, 0.2) is 0 Å². The smallest absolute Gasteiger partial charge is 0.305 e. The number of H-pyrrole nitrogens is 1. The molecule has 0 saturated heterocycles. The highest BCUT2D eigenvalue weighted by atomic mass is 16.4. The molecule has 98 valence electrons. The van der Waals surface area contributed by atoms with E-state index >= 15 is 0 Å². The molecule has 1 saturated carbocycles. The largest absolute Gasteiger partial charge is 0.481 e. The van der Waals surface area contributed by atoms with Crippen molar-refractivity contribution >= 4 is 11.9 Å². The lowest BCUT2D eigenvalue weighted by Crippen LogP contribution is -2.35. The van der Waals surface area contributed by atoms with Crippen LogP contribution in [0.1, 0.15) is 42.6 Å². The summed E-state index contributed by atoms with van der Waals surface area (Å²) < 4.78 is 0. The van der Waals surface area contributed by atoms with Crippen LogP contribution in [0, 0.1) is 0 Å². The fraction of sp³-hybridized carbons (Fsp3) is 0.636. The van der Waals surface area contributed by atoms with Gasteiger partial charge in [-0.15, -0.1) is 5.10 Å². The van der Waals surface area contributed by atoms with E-state index in [1.54, 1.807) is 4.90 Å². The van der Waals surface area contributed by atoms with Crippen molar-refractivity contribution < 1.29 is 14.7 Å². The van der Waals surface area contributed by atoms with Gasteiger partial charge in [0.1, 0.15) is 5.82 Å². The Balaban J connectivity index is 2.05. The second-order valence-corrected chi connectivity index (χ2v) is 4.33. The van der Waals surface area contributed by atoms with Crippen molar-refractivity contribution in [2.75, 3.05) is 6.54 Å². The summed E-state index contributed by atoms with van der Waals surface area (Å²) in [6.45, 7) is 2.13. The van der Waals surface area contributed by atoms with Crippen molar-refractivity contribution in [1.82, 2.24) is 20.1 Å². The van der Waals surface area contributed by atoms with Crippen molar-refractivity contribution in [3.8, 4) is 0 Å². The Morgan fingerprint density at radius 2 is 2.22 bits per heavy atom. The van der Waals surface area contributed by atoms with Gasteiger partial charge in [0.25, 0.3) is 5.91 Å². The monoisotopic (exact) mass is 252 g/mol. The molecule has 1 aliphatic rings. The number of hydrogen-bond acceptors (Lipinski definition) is 4. The maximum Gasteiger partial charge on any atom is 0.305 e. The maximum atomic E-state index is 12.2. The number of carbonyl (C=O) groups excluding carboxylic acids is 1. The molecule has 7 heteroatoms. The lowest BCUT2D eigenvalue weighted by Gasteiger charge is -2.19. The molecule has 18 heavy (non-hydrogen) atoms. The number of aliphatic carboxylic acids is 1. The number of carboxylic acids is 1. The van der Waals surface area contributed by atoms with E-state index in [4.69, 9.17) is 5.11 Å². The standard InChI is InChI=1S/C11H16N4O3/c1-2-8-12-10(14-13-8)11(18)15(7-3-4-7)6-5-9(16)17/h7H,2-6H2,1H3,(H,16,17)(H,12,13,14). The Morgan fingerprint density at radius 1 is 1.50 bits per heavy atom. The lowest BCUT2D eigenvalue weighted by molar-refractivity contribution is -0.137. The Morgan fingerprint density at radius 3 is 2.72 bits per heavy atom. The van der Waals surface area contributed by atoms with Gasteiger partial charge in [0, 0.05) is 19.0 Å². The number of amides is 1. The molecule has 0 atom stereocenters. The third kappa shape index (κ3) is 2.85. The van der Waals surface area contributed by atoms with Gasteiger partial charge in [-0.25, -0.2) is 4.98 Å². The zero-order valence-corrected chi connectivity index (χ0v) is 10.2. The minimum absolute atomic E-state index is 0.0483. The Kier molecular flexibility index (Phi) is 3.59. The van der Waals surface area contributed by atoms with Crippen LogP contribution in [0.2, 0.25) is 0 Å². The van der Waals surface area contributed by atoms with E-state index in [2.05, 4.69) is 15.2 Å². The second-order valence-electron chi connectivity index (χ2n) is 4.33. The average molecular weight is 252 g/mol. The lowest BCUT2D eigenvalue weighted by atomic mass is 10.3. The zero-order chi connectivity index (χ0) is 13.1. The highest BCUT2D eigenvalue weighted by Gasteiger charge is 2.34. The molecule has 1 aromatic rings. The third-order valence-electron chi connectivity index (χ3n) is 2.87. The van der Waals surface area contributed by atoms with Gasteiger partial charge in [0.2, 0.25) is 5.82 Å². The Hall–Kier alpha value is -1.92. The number of hydrogen-bond donors (Lipinski definition) is 2. The van der Waals surface area contributed by atoms with Crippen LogP contribution in [-0.2, 0) is 11.2 Å². The van der Waals surface area contributed by atoms with Gasteiger partial charge in [0.05, 0.1) is 6.42 Å². The fourth-order valence-electron chi connectivity index (χ4n) is 1.73. The van der Waals surface area contributed by atoms with E-state index in [0.717, 1.165) is 12.8 Å². The molecule has 1 aliphatic carbocycles. The molecule has 2 rings (SSSR count). The normalized spacial score (nSPS) is 14.5. The summed E-state index contributed by atoms with van der Waals surface area (Å²) in [5.41, 5.74) is 0. The topological polar surface area (TPSA) is 99.2 Å². The Labute approximate surface area is 104 Å². The number of nitrogens with zero attached hydrogens (tertiary/aromatic N) is 3. The molecular weight excluding hydrogens is 236 g/mol. The van der Waals surface area contributed by atoms with E-state index in [0.29, 0.717) is 12.2 Å². The average Bonchev–Trinajstić information content (AvgIpc) is 3.06. The molecule has 0 bridgehead atoms. The number of carbonyl (C=O) groups is 2. The van der Waals surface area contributed by atoms with Crippen LogP contribution in [-0.4, -0.2) is 49.7 Å². The first-order valence-electron chi connectivity index (χ1n) is 6.06. The molecule has 2 N–H and O–H groups in total. The van der Waals surface area contributed by atoms with Gasteiger partial charge in [-0.05, 0) is 12.8 Å². The molecule has 0 aliphatic heterocycles. The summed E-state index contributed by atoms with van der Waals surface area (Å²) in [6.07, 6.45) is 2.49. The summed E-state index contributed by atoms with van der Waals surface area (Å²) in [4.78, 5) is 28.4. The quantitative estimate of drug-likeness (QED) is 0.765. The van der Waals surface area contributed by atoms with Crippen LogP contribution >= 0.6 is 0 Å². The first-order valence-corrected chi connectivity index (χ1v) is 6.06. The van der Waals surface area contributed by atoms with Crippen molar-refractivity contribution in [3.05, 3.63) is 11.6 Å². The van der Waals surface area contributed by atoms with Crippen LogP contribution in [0.15, 0.2) is 0 Å². The van der Waals surface area contributed by atoms with Crippen molar-refractivity contribution in [3.63, 3.8) is 0 Å². The molecule has 1 heterocycles. The highest BCUT2D eigenvalue weighted by Crippen LogP contribution is 2.27. The summed E-state index contributed by atoms with van der Waals surface area (Å²) in [5, 5.41) is 15.2. The molecule has 1 aromatic heterocycles. The summed E-state index contributed by atoms with van der Waals surface area (Å²) in [6, 6.07) is 0.153. The molecule has 7 nitrogen and oxygen atoms in total. The summed E-state index contributed by atoms with van der Waals surface area (Å²) in [5.74, 6) is -0.399. The number of aromatic nitrogens is 3. The van der Waals surface area contributed by atoms with Gasteiger partial charge >= 0.3 is 5.97 Å². The van der Waals surface area contributed by atoms with Crippen LogP contribution in [0.4, 0.5) is 0 Å². The number of aryl methyl sites for hydroxylation is 1. The van der Waals surface area contributed by atoms with E-state index in [9.17, 15) is 9.59 Å². The number of aromatic amines is 1. The minimum Gasteiger partial charge on any atom is -0.481 e. The first kappa shape index (κ1) is 12.5. The molecular formula is C11H16N4O3. The van der Waals surface area contributed by atoms with E-state index in [1.165, 1.54) is 0 Å². The van der Waals surface area contributed by atoms with Crippen LogP contribution in [0.5, 0.6) is 0 Å². The van der Waals surface area contributed by atoms with Crippen LogP contribution < -0.4 is 0 Å². The molecule has 1 amide bonds. The molecule has 0 spiro atoms. The van der Waals surface area contributed by atoms with Crippen molar-refractivity contribution in [2.45, 2.75) is 38.6 Å². The van der Waals surface area contributed by atoms with E-state index in [1.807, 2.05) is 6.92 Å². The number of rotatable bonds is 6. The summed E-state index contributed by atoms with van der Waals surface area (Å²) in [7, 11) is 0. The van der Waals surface area contributed by atoms with Crippen molar-refractivity contribution in [2.24, 2.45) is 0 Å². The van der Waals surface area contributed by atoms with Gasteiger partial charge < -0.3 is 10.0 Å². The predicted molar refractivity (Wildman–Crippen MR) is 62.1 cm³/mol. The zero-order valence-electron chi connectivity index (χ0n) is 10.2. The van der Waals surface area contributed by atoms with Gasteiger partial charge in [-0.1, -0.05) is 6.92 Å². The molecule has 1 fully saturated rings. The third-order valence-corrected chi connectivity index (χ3v) is 2.87. The van der Waals surface area contributed by atoms with Gasteiger partial charge in [-0.3, -0.25) is 14.7 Å². The van der Waals surface area contributed by atoms with Crippen LogP contribution in [0.25, 0.3) is 0 Å². The highest BCUT2D eigenvalue weighted by molar-refractivity contribution is 5.91. The predicted octanol–water partition coefficient (Wildman–Crippen LogP) is 0.446. The number of nitrogens with one attached hydrogen (secondary N) is 1. The fourth-order valence-corrected chi connectivity index (χ4v) is 1.73. The van der Waals surface area contributed by atoms with Crippen molar-refractivity contribution in [1.29, 1.82) is 0 Å². The first-order chi connectivity index (χ1) is 8.61. The molecule has 0 radical (unpaired) electrons. The second kappa shape index (κ2) is 5.16. The minimum atomic E-state index is -0.905. The molecule has 0 unspecified atom stereocenters. The SMILES string of the molecule is CCc1nc(C(=O)N(CCC(=O)O)C2CC2)n[nH]1. The van der Waals surface area contributed by atoms with E-state index < -0.39 is 5.97 Å².